The van der Waals surface area contributed by atoms with Crippen LogP contribution in [0.5, 0.6) is 0 Å². The molecule has 0 unspecified atom stereocenters. The van der Waals surface area contributed by atoms with E-state index in [0.29, 0.717) is 12.2 Å². The smallest absolute Gasteiger partial charge is 0.356 e. The van der Waals surface area contributed by atoms with Gasteiger partial charge in [0, 0.05) is 4.70 Å². The molecule has 0 saturated heterocycles. The summed E-state index contributed by atoms with van der Waals surface area (Å²) in [6.07, 6.45) is 1.57. The highest BCUT2D eigenvalue weighted by Gasteiger charge is 2.16. The predicted octanol–water partition coefficient (Wildman–Crippen LogP) is 3.24. The normalized spacial score (nSPS) is 10.9. The molecule has 0 aliphatic heterocycles. The monoisotopic (exact) mass is 286 g/mol. The molecule has 102 valence electrons. The third-order valence-corrected chi connectivity index (χ3v) is 4.35. The molecule has 2 heterocycles. The van der Waals surface area contributed by atoms with Crippen LogP contribution in [0.25, 0.3) is 10.1 Å². The standard InChI is InChI=1S/C15H14N2O2S/c1-10-16-7-13(15(18)19-2)17(10)8-11-9-20-14-6-4-3-5-12(11)14/h3-7,9H,8H2,1-2H3. The molecule has 0 radical (unpaired) electrons. The second kappa shape index (κ2) is 5.09. The van der Waals surface area contributed by atoms with Gasteiger partial charge in [-0.3, -0.25) is 0 Å². The highest BCUT2D eigenvalue weighted by Crippen LogP contribution is 2.27. The molecule has 4 nitrogen and oxygen atoms in total. The van der Waals surface area contributed by atoms with Crippen LogP contribution >= 0.6 is 11.3 Å². The number of fused-ring (bicyclic) bond motifs is 1. The maximum absolute atomic E-state index is 11.8. The molecule has 0 fully saturated rings. The summed E-state index contributed by atoms with van der Waals surface area (Å²) in [5.74, 6) is 0.450. The first-order valence-electron chi connectivity index (χ1n) is 6.26. The summed E-state index contributed by atoms with van der Waals surface area (Å²) in [5, 5.41) is 3.35. The number of imidazole rings is 1. The molecule has 0 atom stereocenters. The average molecular weight is 286 g/mol. The summed E-state index contributed by atoms with van der Waals surface area (Å²) in [7, 11) is 1.38. The van der Waals surface area contributed by atoms with Crippen molar-refractivity contribution in [3.8, 4) is 0 Å². The second-order valence-electron chi connectivity index (χ2n) is 4.53. The lowest BCUT2D eigenvalue weighted by molar-refractivity contribution is 0.0588. The van der Waals surface area contributed by atoms with Gasteiger partial charge in [-0.05, 0) is 29.3 Å². The molecule has 0 aliphatic carbocycles. The SMILES string of the molecule is COC(=O)c1cnc(C)n1Cc1csc2ccccc12. The number of nitrogens with zero attached hydrogens (tertiary/aromatic N) is 2. The number of benzene rings is 1. The zero-order valence-electron chi connectivity index (χ0n) is 11.3. The number of ether oxygens (including phenoxy) is 1. The summed E-state index contributed by atoms with van der Waals surface area (Å²) in [6, 6.07) is 8.27. The zero-order chi connectivity index (χ0) is 14.1. The van der Waals surface area contributed by atoms with Gasteiger partial charge in [-0.1, -0.05) is 18.2 Å². The van der Waals surface area contributed by atoms with Crippen molar-refractivity contribution in [1.82, 2.24) is 9.55 Å². The van der Waals surface area contributed by atoms with Crippen LogP contribution in [-0.4, -0.2) is 22.6 Å². The Kier molecular flexibility index (Phi) is 3.28. The fourth-order valence-corrected chi connectivity index (χ4v) is 3.21. The largest absolute Gasteiger partial charge is 0.464 e. The van der Waals surface area contributed by atoms with Gasteiger partial charge in [-0.25, -0.2) is 9.78 Å². The fraction of sp³-hybridized carbons (Fsp3) is 0.200. The summed E-state index contributed by atoms with van der Waals surface area (Å²) in [4.78, 5) is 16.0. The number of carbonyl (C=O) groups is 1. The summed E-state index contributed by atoms with van der Waals surface area (Å²) in [5.41, 5.74) is 1.68. The molecule has 0 amide bonds. The van der Waals surface area contributed by atoms with Crippen molar-refractivity contribution in [1.29, 1.82) is 0 Å². The highest BCUT2D eigenvalue weighted by molar-refractivity contribution is 7.17. The first kappa shape index (κ1) is 12.9. The second-order valence-corrected chi connectivity index (χ2v) is 5.44. The number of carbonyl (C=O) groups excluding carboxylic acids is 1. The Morgan fingerprint density at radius 2 is 2.20 bits per heavy atom. The van der Waals surface area contributed by atoms with Crippen molar-refractivity contribution >= 4 is 27.4 Å². The molecule has 1 aromatic carbocycles. The van der Waals surface area contributed by atoms with Crippen LogP contribution in [-0.2, 0) is 11.3 Å². The van der Waals surface area contributed by atoms with Crippen LogP contribution in [0.1, 0.15) is 21.9 Å². The summed E-state index contributed by atoms with van der Waals surface area (Å²) >= 11 is 1.71. The van der Waals surface area contributed by atoms with E-state index < -0.39 is 0 Å². The van der Waals surface area contributed by atoms with Crippen molar-refractivity contribution < 1.29 is 9.53 Å². The van der Waals surface area contributed by atoms with E-state index >= 15 is 0 Å². The average Bonchev–Trinajstić information content (AvgIpc) is 3.04. The third-order valence-electron chi connectivity index (χ3n) is 3.34. The predicted molar refractivity (Wildman–Crippen MR) is 79.2 cm³/mol. The van der Waals surface area contributed by atoms with E-state index in [1.807, 2.05) is 23.6 Å². The molecular weight excluding hydrogens is 272 g/mol. The van der Waals surface area contributed by atoms with Gasteiger partial charge in [0.05, 0.1) is 19.9 Å². The number of thiophene rings is 1. The molecule has 0 saturated carbocycles. The Hall–Kier alpha value is -2.14. The van der Waals surface area contributed by atoms with Crippen LogP contribution in [0.3, 0.4) is 0 Å². The number of esters is 1. The number of hydrogen-bond acceptors (Lipinski definition) is 4. The van der Waals surface area contributed by atoms with Crippen LogP contribution in [0.4, 0.5) is 0 Å². The van der Waals surface area contributed by atoms with Gasteiger partial charge in [0.2, 0.25) is 0 Å². The lowest BCUT2D eigenvalue weighted by atomic mass is 10.2. The number of aryl methyl sites for hydroxylation is 1. The Balaban J connectivity index is 2.03. The van der Waals surface area contributed by atoms with Crippen LogP contribution in [0.2, 0.25) is 0 Å². The maximum Gasteiger partial charge on any atom is 0.356 e. The van der Waals surface area contributed by atoms with E-state index in [0.717, 1.165) is 5.82 Å². The molecule has 3 rings (SSSR count). The number of aromatic nitrogens is 2. The van der Waals surface area contributed by atoms with Gasteiger partial charge in [0.1, 0.15) is 11.5 Å². The lowest BCUT2D eigenvalue weighted by Gasteiger charge is -2.08. The van der Waals surface area contributed by atoms with E-state index in [4.69, 9.17) is 4.74 Å². The number of methoxy groups -OCH3 is 1. The molecule has 3 aromatic rings. The molecule has 0 spiro atoms. The zero-order valence-corrected chi connectivity index (χ0v) is 12.1. The molecule has 5 heteroatoms. The molecule has 0 aliphatic rings. The van der Waals surface area contributed by atoms with Gasteiger partial charge in [0.15, 0.2) is 0 Å². The number of hydrogen-bond donors (Lipinski definition) is 0. The minimum atomic E-state index is -0.356. The number of rotatable bonds is 3. The first-order chi connectivity index (χ1) is 9.70. The Morgan fingerprint density at radius 3 is 3.00 bits per heavy atom. The van der Waals surface area contributed by atoms with Gasteiger partial charge in [-0.15, -0.1) is 11.3 Å². The van der Waals surface area contributed by atoms with E-state index in [-0.39, 0.29) is 5.97 Å². The fourth-order valence-electron chi connectivity index (χ4n) is 2.26. The Labute approximate surface area is 120 Å². The molecule has 2 aromatic heterocycles. The molecule has 20 heavy (non-hydrogen) atoms. The quantitative estimate of drug-likeness (QED) is 0.694. The topological polar surface area (TPSA) is 44.1 Å². The van der Waals surface area contributed by atoms with Crippen molar-refractivity contribution in [3.05, 3.63) is 52.9 Å². The van der Waals surface area contributed by atoms with Gasteiger partial charge < -0.3 is 9.30 Å². The summed E-state index contributed by atoms with van der Waals surface area (Å²) in [6.45, 7) is 2.52. The van der Waals surface area contributed by atoms with E-state index in [2.05, 4.69) is 22.5 Å². The van der Waals surface area contributed by atoms with Crippen LogP contribution in [0, 0.1) is 6.92 Å². The molecule has 0 N–H and O–H groups in total. The lowest BCUT2D eigenvalue weighted by Crippen LogP contribution is -2.12. The third kappa shape index (κ3) is 2.10. The minimum Gasteiger partial charge on any atom is -0.464 e. The Bertz CT molecular complexity index is 773. The Morgan fingerprint density at radius 1 is 1.40 bits per heavy atom. The van der Waals surface area contributed by atoms with Crippen molar-refractivity contribution in [2.75, 3.05) is 7.11 Å². The van der Waals surface area contributed by atoms with Crippen LogP contribution < -0.4 is 0 Å². The van der Waals surface area contributed by atoms with Crippen molar-refractivity contribution in [2.45, 2.75) is 13.5 Å². The maximum atomic E-state index is 11.8. The molecule has 0 bridgehead atoms. The van der Waals surface area contributed by atoms with Crippen LogP contribution in [0.15, 0.2) is 35.8 Å². The first-order valence-corrected chi connectivity index (χ1v) is 7.14. The van der Waals surface area contributed by atoms with Crippen molar-refractivity contribution in [2.24, 2.45) is 0 Å². The summed E-state index contributed by atoms with van der Waals surface area (Å²) < 4.78 is 7.94. The molecular formula is C15H14N2O2S. The van der Waals surface area contributed by atoms with E-state index in [9.17, 15) is 4.79 Å². The van der Waals surface area contributed by atoms with Gasteiger partial charge in [0.25, 0.3) is 0 Å². The van der Waals surface area contributed by atoms with E-state index in [1.54, 1.807) is 17.5 Å². The highest BCUT2D eigenvalue weighted by atomic mass is 32.1. The van der Waals surface area contributed by atoms with Crippen molar-refractivity contribution in [3.63, 3.8) is 0 Å². The minimum absolute atomic E-state index is 0.356. The van der Waals surface area contributed by atoms with E-state index in [1.165, 1.54) is 22.8 Å². The van der Waals surface area contributed by atoms with Gasteiger partial charge in [-0.2, -0.15) is 0 Å². The van der Waals surface area contributed by atoms with Gasteiger partial charge >= 0.3 is 5.97 Å².